The van der Waals surface area contributed by atoms with E-state index >= 15 is 0 Å². The molecule has 168 valence electrons. The van der Waals surface area contributed by atoms with Crippen LogP contribution in [0.1, 0.15) is 24.1 Å². The molecular weight excluding hydrogens is 535 g/mol. The van der Waals surface area contributed by atoms with Crippen molar-refractivity contribution in [2.75, 3.05) is 6.54 Å². The monoisotopic (exact) mass is 554 g/mol. The number of amides is 1. The molecule has 0 aromatic heterocycles. The smallest absolute Gasteiger partial charge is 0.245 e. The Morgan fingerprint density at radius 2 is 1.75 bits per heavy atom. The number of sulfonamides is 1. The highest BCUT2D eigenvalue weighted by Gasteiger charge is 2.29. The van der Waals surface area contributed by atoms with Crippen molar-refractivity contribution in [1.82, 2.24) is 9.62 Å². The Balaban J connectivity index is 1.87. The van der Waals surface area contributed by atoms with Crippen molar-refractivity contribution >= 4 is 55.1 Å². The van der Waals surface area contributed by atoms with Gasteiger partial charge in [0.25, 0.3) is 0 Å². The molecule has 3 aromatic carbocycles. The van der Waals surface area contributed by atoms with Gasteiger partial charge in [0.05, 0.1) is 17.6 Å². The van der Waals surface area contributed by atoms with Gasteiger partial charge in [-0.1, -0.05) is 81.6 Å². The van der Waals surface area contributed by atoms with E-state index in [1.807, 2.05) is 49.4 Å². The summed E-state index contributed by atoms with van der Waals surface area (Å²) in [5.41, 5.74) is 1.63. The maximum Gasteiger partial charge on any atom is 0.245 e. The van der Waals surface area contributed by atoms with E-state index in [0.717, 1.165) is 19.9 Å². The van der Waals surface area contributed by atoms with Gasteiger partial charge in [-0.25, -0.2) is 8.42 Å². The molecule has 0 fully saturated rings. The summed E-state index contributed by atoms with van der Waals surface area (Å²) in [5.74, 6) is -0.435. The molecule has 0 aliphatic heterocycles. The molecule has 32 heavy (non-hydrogen) atoms. The Kier molecular flexibility index (Phi) is 8.36. The lowest BCUT2D eigenvalue weighted by molar-refractivity contribution is -0.122. The van der Waals surface area contributed by atoms with Gasteiger partial charge in [-0.3, -0.25) is 4.79 Å². The summed E-state index contributed by atoms with van der Waals surface area (Å²) in [6.45, 7) is 1.46. The average molecular weight is 556 g/mol. The van der Waals surface area contributed by atoms with E-state index in [2.05, 4.69) is 21.2 Å². The maximum absolute atomic E-state index is 13.4. The number of halogens is 3. The van der Waals surface area contributed by atoms with E-state index in [1.54, 1.807) is 12.1 Å². The van der Waals surface area contributed by atoms with Crippen molar-refractivity contribution in [1.29, 1.82) is 0 Å². The number of carbonyl (C=O) groups is 1. The molecule has 3 rings (SSSR count). The zero-order valence-corrected chi connectivity index (χ0v) is 21.0. The van der Waals surface area contributed by atoms with Crippen molar-refractivity contribution in [3.8, 4) is 0 Å². The predicted molar refractivity (Wildman–Crippen MR) is 131 cm³/mol. The topological polar surface area (TPSA) is 66.5 Å². The molecule has 0 radical (unpaired) electrons. The van der Waals surface area contributed by atoms with Crippen LogP contribution < -0.4 is 5.32 Å². The molecule has 3 aromatic rings. The SMILES string of the molecule is C[C@H](NC(=O)CN(Cc1ccccc1)S(=O)(=O)c1cc(Cl)ccc1Cl)c1cccc(Br)c1. The molecule has 9 heteroatoms. The van der Waals surface area contributed by atoms with E-state index in [4.69, 9.17) is 23.2 Å². The number of hydrogen-bond acceptors (Lipinski definition) is 3. The quantitative estimate of drug-likeness (QED) is 0.380. The first-order chi connectivity index (χ1) is 15.2. The highest BCUT2D eigenvalue weighted by atomic mass is 79.9. The highest BCUT2D eigenvalue weighted by molar-refractivity contribution is 9.10. The largest absolute Gasteiger partial charge is 0.348 e. The second-order valence-electron chi connectivity index (χ2n) is 7.18. The van der Waals surface area contributed by atoms with Gasteiger partial charge in [0, 0.05) is 16.0 Å². The minimum absolute atomic E-state index is 0.00466. The standard InChI is InChI=1S/C23H21BrCl2N2O3S/c1-16(18-8-5-9-19(24)12-18)27-23(29)15-28(14-17-6-3-2-4-7-17)32(30,31)22-13-20(25)10-11-21(22)26/h2-13,16H,14-15H2,1H3,(H,27,29)/t16-/m0/s1. The first kappa shape index (κ1) is 24.7. The summed E-state index contributed by atoms with van der Waals surface area (Å²) in [4.78, 5) is 12.7. The number of benzene rings is 3. The molecule has 0 bridgehead atoms. The van der Waals surface area contributed by atoms with Crippen LogP contribution in [-0.4, -0.2) is 25.2 Å². The second kappa shape index (κ2) is 10.8. The third-order valence-electron chi connectivity index (χ3n) is 4.76. The van der Waals surface area contributed by atoms with E-state index < -0.39 is 15.9 Å². The normalized spacial score (nSPS) is 12.5. The summed E-state index contributed by atoms with van der Waals surface area (Å²) in [6.07, 6.45) is 0. The van der Waals surface area contributed by atoms with E-state index in [1.165, 1.54) is 18.2 Å². The van der Waals surface area contributed by atoms with Crippen LogP contribution in [0.15, 0.2) is 82.2 Å². The van der Waals surface area contributed by atoms with Crippen LogP contribution in [0.2, 0.25) is 10.0 Å². The number of carbonyl (C=O) groups excluding carboxylic acids is 1. The molecule has 0 saturated carbocycles. The lowest BCUT2D eigenvalue weighted by Gasteiger charge is -2.24. The van der Waals surface area contributed by atoms with Crippen molar-refractivity contribution in [3.63, 3.8) is 0 Å². The molecule has 0 aliphatic rings. The van der Waals surface area contributed by atoms with Crippen molar-refractivity contribution in [3.05, 3.63) is 98.4 Å². The molecule has 0 spiro atoms. The summed E-state index contributed by atoms with van der Waals surface area (Å²) in [7, 11) is -4.11. The van der Waals surface area contributed by atoms with Gasteiger partial charge < -0.3 is 5.32 Å². The molecular formula is C23H21BrCl2N2O3S. The van der Waals surface area contributed by atoms with E-state index in [-0.39, 0.29) is 34.1 Å². The predicted octanol–water partition coefficient (Wildman–Crippen LogP) is 5.82. The van der Waals surface area contributed by atoms with Gasteiger partial charge >= 0.3 is 0 Å². The highest BCUT2D eigenvalue weighted by Crippen LogP contribution is 2.28. The molecule has 1 atom stereocenters. The van der Waals surface area contributed by atoms with Crippen LogP contribution in [0, 0.1) is 0 Å². The van der Waals surface area contributed by atoms with Gasteiger partial charge in [-0.05, 0) is 48.4 Å². The van der Waals surface area contributed by atoms with Gasteiger partial charge in [0.15, 0.2) is 0 Å². The average Bonchev–Trinajstić information content (AvgIpc) is 2.75. The minimum Gasteiger partial charge on any atom is -0.348 e. The third-order valence-corrected chi connectivity index (χ3v) is 7.76. The molecule has 1 N–H and O–H groups in total. The van der Waals surface area contributed by atoms with Crippen LogP contribution in [0.5, 0.6) is 0 Å². The van der Waals surface area contributed by atoms with E-state index in [0.29, 0.717) is 0 Å². The van der Waals surface area contributed by atoms with Gasteiger partial charge in [-0.2, -0.15) is 4.31 Å². The van der Waals surface area contributed by atoms with Crippen LogP contribution in [0.25, 0.3) is 0 Å². The minimum atomic E-state index is -4.11. The second-order valence-corrected chi connectivity index (χ2v) is 10.8. The van der Waals surface area contributed by atoms with Gasteiger partial charge in [0.2, 0.25) is 15.9 Å². The summed E-state index contributed by atoms with van der Waals surface area (Å²) < 4.78 is 28.9. The zero-order chi connectivity index (χ0) is 23.3. The first-order valence-electron chi connectivity index (χ1n) is 9.71. The fourth-order valence-electron chi connectivity index (χ4n) is 3.13. The third kappa shape index (κ3) is 6.33. The fraction of sp³-hybridized carbons (Fsp3) is 0.174. The van der Waals surface area contributed by atoms with Crippen LogP contribution in [-0.2, 0) is 21.4 Å². The fourth-order valence-corrected chi connectivity index (χ4v) is 5.67. The number of nitrogens with zero attached hydrogens (tertiary/aromatic N) is 1. The molecule has 0 aliphatic carbocycles. The Morgan fingerprint density at radius 3 is 2.44 bits per heavy atom. The number of hydrogen-bond donors (Lipinski definition) is 1. The van der Waals surface area contributed by atoms with Crippen molar-refractivity contribution in [2.45, 2.75) is 24.4 Å². The Bertz CT molecular complexity index is 1210. The molecule has 1 amide bonds. The molecule has 0 saturated heterocycles. The summed E-state index contributed by atoms with van der Waals surface area (Å²) >= 11 is 15.6. The van der Waals surface area contributed by atoms with Crippen LogP contribution in [0.4, 0.5) is 0 Å². The Morgan fingerprint density at radius 1 is 1.03 bits per heavy atom. The lowest BCUT2D eigenvalue weighted by Crippen LogP contribution is -2.41. The maximum atomic E-state index is 13.4. The number of nitrogens with one attached hydrogen (secondary N) is 1. The molecule has 0 heterocycles. The zero-order valence-electron chi connectivity index (χ0n) is 17.1. The summed E-state index contributed by atoms with van der Waals surface area (Å²) in [5, 5.41) is 3.14. The van der Waals surface area contributed by atoms with Crippen molar-refractivity contribution in [2.24, 2.45) is 0 Å². The molecule has 0 unspecified atom stereocenters. The van der Waals surface area contributed by atoms with Crippen LogP contribution in [0.3, 0.4) is 0 Å². The Hall–Kier alpha value is -1.90. The van der Waals surface area contributed by atoms with Gasteiger partial charge in [0.1, 0.15) is 4.90 Å². The lowest BCUT2D eigenvalue weighted by atomic mass is 10.1. The van der Waals surface area contributed by atoms with E-state index in [9.17, 15) is 13.2 Å². The van der Waals surface area contributed by atoms with Gasteiger partial charge in [-0.15, -0.1) is 0 Å². The van der Waals surface area contributed by atoms with Crippen molar-refractivity contribution < 1.29 is 13.2 Å². The summed E-state index contributed by atoms with van der Waals surface area (Å²) in [6, 6.07) is 20.5. The molecule has 5 nitrogen and oxygen atoms in total. The Labute approximate surface area is 206 Å². The van der Waals surface area contributed by atoms with Crippen LogP contribution >= 0.6 is 39.1 Å². The number of rotatable bonds is 8. The first-order valence-corrected chi connectivity index (χ1v) is 12.7.